The zero-order valence-corrected chi connectivity index (χ0v) is 9.85. The molecule has 0 aromatic heterocycles. The van der Waals surface area contributed by atoms with Crippen molar-refractivity contribution < 1.29 is 14.2 Å². The van der Waals surface area contributed by atoms with Crippen molar-refractivity contribution in [3.63, 3.8) is 0 Å². The molecule has 1 fully saturated rings. The highest BCUT2D eigenvalue weighted by atomic mass is 16.7. The van der Waals surface area contributed by atoms with Crippen LogP contribution in [0.2, 0.25) is 0 Å². The minimum Gasteiger partial charge on any atom is -0.454 e. The molecule has 0 atom stereocenters. The molecule has 4 heteroatoms. The van der Waals surface area contributed by atoms with Gasteiger partial charge in [0.25, 0.3) is 0 Å². The van der Waals surface area contributed by atoms with Crippen molar-refractivity contribution in [3.05, 3.63) is 23.8 Å². The molecule has 2 heterocycles. The van der Waals surface area contributed by atoms with Crippen LogP contribution in [0.3, 0.4) is 0 Å². The van der Waals surface area contributed by atoms with Crippen molar-refractivity contribution in [2.45, 2.75) is 6.42 Å². The van der Waals surface area contributed by atoms with Crippen LogP contribution >= 0.6 is 0 Å². The van der Waals surface area contributed by atoms with Crippen LogP contribution in [-0.4, -0.2) is 44.5 Å². The lowest BCUT2D eigenvalue weighted by Crippen LogP contribution is -2.37. The van der Waals surface area contributed by atoms with Crippen LogP contribution in [0, 0.1) is 0 Å². The second-order valence-corrected chi connectivity index (χ2v) is 4.39. The zero-order chi connectivity index (χ0) is 11.5. The Bertz CT molecular complexity index is 388. The van der Waals surface area contributed by atoms with E-state index in [1.807, 2.05) is 6.07 Å². The number of benzene rings is 1. The average molecular weight is 235 g/mol. The van der Waals surface area contributed by atoms with Crippen LogP contribution in [0.15, 0.2) is 18.2 Å². The van der Waals surface area contributed by atoms with Gasteiger partial charge in [0.15, 0.2) is 11.5 Å². The predicted octanol–water partition coefficient (Wildman–Crippen LogP) is 1.29. The Morgan fingerprint density at radius 2 is 1.88 bits per heavy atom. The van der Waals surface area contributed by atoms with Crippen LogP contribution in [0.25, 0.3) is 0 Å². The minimum absolute atomic E-state index is 0.349. The number of rotatable bonds is 3. The van der Waals surface area contributed by atoms with Crippen LogP contribution in [0.5, 0.6) is 11.5 Å². The summed E-state index contributed by atoms with van der Waals surface area (Å²) in [6.07, 6.45) is 1.05. The molecule has 0 saturated carbocycles. The molecule has 0 radical (unpaired) electrons. The molecule has 0 spiro atoms. The topological polar surface area (TPSA) is 30.9 Å². The van der Waals surface area contributed by atoms with E-state index < -0.39 is 0 Å². The van der Waals surface area contributed by atoms with Crippen molar-refractivity contribution in [2.24, 2.45) is 0 Å². The Kier molecular flexibility index (Phi) is 3.16. The van der Waals surface area contributed by atoms with Gasteiger partial charge in [-0.2, -0.15) is 0 Å². The van der Waals surface area contributed by atoms with Gasteiger partial charge in [-0.15, -0.1) is 0 Å². The molecule has 2 aliphatic rings. The highest BCUT2D eigenvalue weighted by Gasteiger charge is 2.14. The largest absolute Gasteiger partial charge is 0.454 e. The molecular weight excluding hydrogens is 218 g/mol. The second-order valence-electron chi connectivity index (χ2n) is 4.39. The van der Waals surface area contributed by atoms with Gasteiger partial charge in [-0.25, -0.2) is 0 Å². The molecule has 2 aliphatic heterocycles. The smallest absolute Gasteiger partial charge is 0.231 e. The number of nitrogens with zero attached hydrogens (tertiary/aromatic N) is 1. The summed E-state index contributed by atoms with van der Waals surface area (Å²) in [4.78, 5) is 2.44. The van der Waals surface area contributed by atoms with Crippen LogP contribution in [0.1, 0.15) is 5.56 Å². The monoisotopic (exact) mass is 235 g/mol. The maximum Gasteiger partial charge on any atom is 0.231 e. The molecule has 92 valence electrons. The summed E-state index contributed by atoms with van der Waals surface area (Å²) in [7, 11) is 0. The fourth-order valence-electron chi connectivity index (χ4n) is 2.21. The maximum absolute atomic E-state index is 5.38. The number of hydrogen-bond donors (Lipinski definition) is 0. The molecule has 0 bridgehead atoms. The van der Waals surface area contributed by atoms with Gasteiger partial charge < -0.3 is 14.2 Å². The number of hydrogen-bond acceptors (Lipinski definition) is 4. The Labute approximate surface area is 101 Å². The molecule has 4 nitrogen and oxygen atoms in total. The first kappa shape index (κ1) is 10.9. The molecule has 0 aliphatic carbocycles. The molecule has 0 N–H and O–H groups in total. The van der Waals surface area contributed by atoms with Gasteiger partial charge in [0.1, 0.15) is 0 Å². The summed E-state index contributed by atoms with van der Waals surface area (Å²) in [5, 5.41) is 0. The van der Waals surface area contributed by atoms with Crippen molar-refractivity contribution in [1.29, 1.82) is 0 Å². The van der Waals surface area contributed by atoms with Crippen LogP contribution in [0.4, 0.5) is 0 Å². The third kappa shape index (κ3) is 2.53. The molecule has 0 unspecified atom stereocenters. The SMILES string of the molecule is c1cc2c(cc1CCN1CCOCC1)OCO2. The van der Waals surface area contributed by atoms with E-state index in [4.69, 9.17) is 14.2 Å². The lowest BCUT2D eigenvalue weighted by atomic mass is 10.1. The third-order valence-electron chi connectivity index (χ3n) is 3.26. The van der Waals surface area contributed by atoms with Crippen LogP contribution < -0.4 is 9.47 Å². The van der Waals surface area contributed by atoms with Gasteiger partial charge >= 0.3 is 0 Å². The highest BCUT2D eigenvalue weighted by Crippen LogP contribution is 2.32. The van der Waals surface area contributed by atoms with E-state index in [1.165, 1.54) is 5.56 Å². The Hall–Kier alpha value is -1.26. The zero-order valence-electron chi connectivity index (χ0n) is 9.85. The van der Waals surface area contributed by atoms with E-state index in [1.54, 1.807) is 0 Å². The number of fused-ring (bicyclic) bond motifs is 1. The van der Waals surface area contributed by atoms with E-state index in [-0.39, 0.29) is 0 Å². The fraction of sp³-hybridized carbons (Fsp3) is 0.538. The minimum atomic E-state index is 0.349. The quantitative estimate of drug-likeness (QED) is 0.790. The predicted molar refractivity (Wildman–Crippen MR) is 63.5 cm³/mol. The lowest BCUT2D eigenvalue weighted by molar-refractivity contribution is 0.0384. The summed E-state index contributed by atoms with van der Waals surface area (Å²) < 4.78 is 16.0. The molecule has 3 rings (SSSR count). The Morgan fingerprint density at radius 1 is 1.06 bits per heavy atom. The summed E-state index contributed by atoms with van der Waals surface area (Å²) in [5.41, 5.74) is 1.31. The van der Waals surface area contributed by atoms with Gasteiger partial charge in [0.2, 0.25) is 6.79 Å². The van der Waals surface area contributed by atoms with Gasteiger partial charge in [0.05, 0.1) is 13.2 Å². The van der Waals surface area contributed by atoms with E-state index in [0.717, 1.165) is 50.8 Å². The van der Waals surface area contributed by atoms with Gasteiger partial charge in [0, 0.05) is 19.6 Å². The second kappa shape index (κ2) is 4.94. The first-order valence-electron chi connectivity index (χ1n) is 6.10. The first-order valence-corrected chi connectivity index (χ1v) is 6.10. The summed E-state index contributed by atoms with van der Waals surface area (Å²) in [6, 6.07) is 6.20. The van der Waals surface area contributed by atoms with Gasteiger partial charge in [-0.1, -0.05) is 6.07 Å². The molecule has 1 saturated heterocycles. The summed E-state index contributed by atoms with van der Waals surface area (Å²) in [6.45, 7) is 5.25. The summed E-state index contributed by atoms with van der Waals surface area (Å²) in [5.74, 6) is 1.74. The van der Waals surface area contributed by atoms with Gasteiger partial charge in [-0.3, -0.25) is 4.90 Å². The Balaban J connectivity index is 1.57. The molecular formula is C13H17NO3. The lowest BCUT2D eigenvalue weighted by Gasteiger charge is -2.26. The average Bonchev–Trinajstić information content (AvgIpc) is 2.85. The molecule has 1 aromatic carbocycles. The normalized spacial score (nSPS) is 19.5. The summed E-state index contributed by atoms with van der Waals surface area (Å²) >= 11 is 0. The molecule has 17 heavy (non-hydrogen) atoms. The van der Waals surface area contributed by atoms with Gasteiger partial charge in [-0.05, 0) is 24.1 Å². The van der Waals surface area contributed by atoms with Crippen molar-refractivity contribution in [1.82, 2.24) is 4.90 Å². The number of morpholine rings is 1. The van der Waals surface area contributed by atoms with Crippen molar-refractivity contribution in [3.8, 4) is 11.5 Å². The fourth-order valence-corrected chi connectivity index (χ4v) is 2.21. The van der Waals surface area contributed by atoms with E-state index >= 15 is 0 Å². The third-order valence-corrected chi connectivity index (χ3v) is 3.26. The number of ether oxygens (including phenoxy) is 3. The highest BCUT2D eigenvalue weighted by molar-refractivity contribution is 5.44. The maximum atomic E-state index is 5.38. The standard InChI is InChI=1S/C13H17NO3/c1-2-12-13(17-10-16-12)9-11(1)3-4-14-5-7-15-8-6-14/h1-2,9H,3-8,10H2. The van der Waals surface area contributed by atoms with Crippen molar-refractivity contribution in [2.75, 3.05) is 39.6 Å². The van der Waals surface area contributed by atoms with E-state index in [9.17, 15) is 0 Å². The Morgan fingerprint density at radius 3 is 2.76 bits per heavy atom. The molecule has 0 amide bonds. The van der Waals surface area contributed by atoms with Crippen molar-refractivity contribution >= 4 is 0 Å². The van der Waals surface area contributed by atoms with Crippen LogP contribution in [-0.2, 0) is 11.2 Å². The van der Waals surface area contributed by atoms with E-state index in [2.05, 4.69) is 17.0 Å². The van der Waals surface area contributed by atoms with E-state index in [0.29, 0.717) is 6.79 Å². The molecule has 1 aromatic rings. The first-order chi connectivity index (χ1) is 8.42.